The number of hydrogen-bond donors (Lipinski definition) is 3. The van der Waals surface area contributed by atoms with Crippen molar-refractivity contribution in [2.45, 2.75) is 13.3 Å². The molecule has 0 spiro atoms. The van der Waals surface area contributed by atoms with E-state index in [-0.39, 0.29) is 16.9 Å². The van der Waals surface area contributed by atoms with Crippen LogP contribution in [-0.2, 0) is 6.42 Å². The lowest BCUT2D eigenvalue weighted by atomic mass is 10.1. The highest BCUT2D eigenvalue weighted by Crippen LogP contribution is 2.18. The number of para-hydroxylation sites is 1. The fourth-order valence-electron chi connectivity index (χ4n) is 3.04. The van der Waals surface area contributed by atoms with Gasteiger partial charge in [-0.05, 0) is 55.0 Å². The first-order chi connectivity index (χ1) is 15.6. The highest BCUT2D eigenvalue weighted by Gasteiger charge is 2.14. The maximum atomic E-state index is 12.8. The van der Waals surface area contributed by atoms with Crippen LogP contribution in [0.4, 0.5) is 5.69 Å². The SMILES string of the molecule is CCNC(=O)c1cccc(NC(=S)NC(=O)c2ccccc2OCCc2ccccc2)c1. The zero-order chi connectivity index (χ0) is 22.8. The molecule has 0 saturated heterocycles. The number of rotatable bonds is 8. The molecule has 0 unspecified atom stereocenters. The maximum Gasteiger partial charge on any atom is 0.261 e. The van der Waals surface area contributed by atoms with Crippen molar-refractivity contribution in [3.63, 3.8) is 0 Å². The number of thiocarbonyl (C=S) groups is 1. The van der Waals surface area contributed by atoms with E-state index in [9.17, 15) is 9.59 Å². The molecule has 164 valence electrons. The van der Waals surface area contributed by atoms with E-state index in [1.165, 1.54) is 0 Å². The molecule has 0 aliphatic carbocycles. The molecule has 0 saturated carbocycles. The lowest BCUT2D eigenvalue weighted by molar-refractivity contribution is 0.0952. The molecule has 0 aliphatic heterocycles. The monoisotopic (exact) mass is 447 g/mol. The Labute approximate surface area is 193 Å². The van der Waals surface area contributed by atoms with Gasteiger partial charge in [-0.2, -0.15) is 0 Å². The van der Waals surface area contributed by atoms with Gasteiger partial charge in [0.1, 0.15) is 5.75 Å². The predicted octanol–water partition coefficient (Wildman–Crippen LogP) is 4.18. The van der Waals surface area contributed by atoms with Crippen LogP contribution in [0, 0.1) is 0 Å². The summed E-state index contributed by atoms with van der Waals surface area (Å²) in [5, 5.41) is 8.48. The van der Waals surface area contributed by atoms with Gasteiger partial charge in [0, 0.05) is 24.2 Å². The largest absolute Gasteiger partial charge is 0.492 e. The molecule has 3 rings (SSSR count). The van der Waals surface area contributed by atoms with Crippen LogP contribution >= 0.6 is 12.2 Å². The molecule has 0 bridgehead atoms. The topological polar surface area (TPSA) is 79.5 Å². The minimum Gasteiger partial charge on any atom is -0.492 e. The number of benzene rings is 3. The van der Waals surface area contributed by atoms with E-state index in [1.807, 2.05) is 43.3 Å². The predicted molar refractivity (Wildman–Crippen MR) is 130 cm³/mol. The van der Waals surface area contributed by atoms with Crippen molar-refractivity contribution < 1.29 is 14.3 Å². The van der Waals surface area contributed by atoms with Gasteiger partial charge in [-0.1, -0.05) is 48.5 Å². The van der Waals surface area contributed by atoms with Crippen molar-refractivity contribution in [3.05, 3.63) is 95.6 Å². The standard InChI is InChI=1S/C25H25N3O3S/c1-2-26-23(29)19-11-8-12-20(17-19)27-25(32)28-24(30)21-13-6-7-14-22(21)31-16-15-18-9-4-3-5-10-18/h3-14,17H,2,15-16H2,1H3,(H,26,29)(H2,27,28,30,32). The molecule has 2 amide bonds. The van der Waals surface area contributed by atoms with Gasteiger partial charge in [-0.15, -0.1) is 0 Å². The zero-order valence-electron chi connectivity index (χ0n) is 17.8. The molecule has 0 radical (unpaired) electrons. The van der Waals surface area contributed by atoms with Gasteiger partial charge in [0.25, 0.3) is 11.8 Å². The van der Waals surface area contributed by atoms with Crippen LogP contribution in [0.2, 0.25) is 0 Å². The number of carbonyl (C=O) groups excluding carboxylic acids is 2. The molecule has 0 atom stereocenters. The summed E-state index contributed by atoms with van der Waals surface area (Å²) in [5.41, 5.74) is 2.66. The number of carbonyl (C=O) groups is 2. The molecular weight excluding hydrogens is 422 g/mol. The number of nitrogens with one attached hydrogen (secondary N) is 3. The summed E-state index contributed by atoms with van der Waals surface area (Å²) in [6.07, 6.45) is 0.735. The molecule has 0 aromatic heterocycles. The van der Waals surface area contributed by atoms with E-state index < -0.39 is 0 Å². The molecule has 3 aromatic carbocycles. The molecule has 32 heavy (non-hydrogen) atoms. The van der Waals surface area contributed by atoms with E-state index in [4.69, 9.17) is 17.0 Å². The molecule has 3 N–H and O–H groups in total. The van der Waals surface area contributed by atoms with Crippen molar-refractivity contribution in [2.24, 2.45) is 0 Å². The molecule has 0 heterocycles. The normalized spacial score (nSPS) is 10.2. The van der Waals surface area contributed by atoms with Crippen LogP contribution in [0.3, 0.4) is 0 Å². The van der Waals surface area contributed by atoms with E-state index in [2.05, 4.69) is 16.0 Å². The van der Waals surface area contributed by atoms with E-state index >= 15 is 0 Å². The smallest absolute Gasteiger partial charge is 0.261 e. The van der Waals surface area contributed by atoms with Gasteiger partial charge in [-0.3, -0.25) is 14.9 Å². The fraction of sp³-hybridized carbons (Fsp3) is 0.160. The first-order valence-corrected chi connectivity index (χ1v) is 10.7. The van der Waals surface area contributed by atoms with Gasteiger partial charge in [0.05, 0.1) is 12.2 Å². The van der Waals surface area contributed by atoms with Gasteiger partial charge in [0.2, 0.25) is 0 Å². The van der Waals surface area contributed by atoms with Crippen molar-refractivity contribution in [1.82, 2.24) is 10.6 Å². The second-order valence-corrected chi connectivity index (χ2v) is 7.34. The van der Waals surface area contributed by atoms with Crippen LogP contribution < -0.4 is 20.7 Å². The van der Waals surface area contributed by atoms with Crippen molar-refractivity contribution in [3.8, 4) is 5.75 Å². The first kappa shape index (κ1) is 23.0. The third-order valence-corrected chi connectivity index (χ3v) is 4.77. The zero-order valence-corrected chi connectivity index (χ0v) is 18.6. The fourth-order valence-corrected chi connectivity index (χ4v) is 3.25. The number of amides is 2. The van der Waals surface area contributed by atoms with Crippen LogP contribution in [0.25, 0.3) is 0 Å². The molecule has 0 fully saturated rings. The summed E-state index contributed by atoms with van der Waals surface area (Å²) in [4.78, 5) is 24.8. The Bertz CT molecular complexity index is 1090. The van der Waals surface area contributed by atoms with Crippen LogP contribution in [0.1, 0.15) is 33.2 Å². The number of anilines is 1. The Kier molecular flexibility index (Phi) is 8.34. The Morgan fingerprint density at radius 3 is 2.44 bits per heavy atom. The lowest BCUT2D eigenvalue weighted by Crippen LogP contribution is -2.34. The third-order valence-electron chi connectivity index (χ3n) is 4.57. The maximum absolute atomic E-state index is 12.8. The summed E-state index contributed by atoms with van der Waals surface area (Å²) in [7, 11) is 0. The summed E-state index contributed by atoms with van der Waals surface area (Å²) in [5.74, 6) is -0.0626. The van der Waals surface area contributed by atoms with Gasteiger partial charge in [0.15, 0.2) is 5.11 Å². The summed E-state index contributed by atoms with van der Waals surface area (Å²) in [6, 6.07) is 23.9. The average Bonchev–Trinajstić information content (AvgIpc) is 2.80. The van der Waals surface area contributed by atoms with Crippen LogP contribution in [0.15, 0.2) is 78.9 Å². The van der Waals surface area contributed by atoms with E-state index in [0.717, 1.165) is 12.0 Å². The Morgan fingerprint density at radius 2 is 1.66 bits per heavy atom. The minimum absolute atomic E-state index is 0.127. The second kappa shape index (κ2) is 11.6. The summed E-state index contributed by atoms with van der Waals surface area (Å²) in [6.45, 7) is 2.84. The highest BCUT2D eigenvalue weighted by molar-refractivity contribution is 7.80. The van der Waals surface area contributed by atoms with E-state index in [0.29, 0.717) is 35.7 Å². The quantitative estimate of drug-likeness (QED) is 0.452. The van der Waals surface area contributed by atoms with Crippen LogP contribution in [0.5, 0.6) is 5.75 Å². The van der Waals surface area contributed by atoms with Crippen molar-refractivity contribution >= 4 is 34.8 Å². The van der Waals surface area contributed by atoms with Gasteiger partial charge in [-0.25, -0.2) is 0 Å². The Hall–Kier alpha value is -3.71. The number of ether oxygens (including phenoxy) is 1. The molecule has 3 aromatic rings. The first-order valence-electron chi connectivity index (χ1n) is 10.3. The summed E-state index contributed by atoms with van der Waals surface area (Å²) >= 11 is 5.28. The third kappa shape index (κ3) is 6.65. The van der Waals surface area contributed by atoms with Crippen LogP contribution in [-0.4, -0.2) is 30.1 Å². The molecular formula is C25H25N3O3S. The van der Waals surface area contributed by atoms with Gasteiger partial charge >= 0.3 is 0 Å². The molecule has 7 heteroatoms. The van der Waals surface area contributed by atoms with Gasteiger partial charge < -0.3 is 15.4 Å². The minimum atomic E-state index is -0.377. The highest BCUT2D eigenvalue weighted by atomic mass is 32.1. The lowest BCUT2D eigenvalue weighted by Gasteiger charge is -2.13. The van der Waals surface area contributed by atoms with Crippen molar-refractivity contribution in [2.75, 3.05) is 18.5 Å². The van der Waals surface area contributed by atoms with E-state index in [1.54, 1.807) is 42.5 Å². The number of hydrogen-bond acceptors (Lipinski definition) is 4. The Morgan fingerprint density at radius 1 is 0.906 bits per heavy atom. The molecule has 6 nitrogen and oxygen atoms in total. The second-order valence-electron chi connectivity index (χ2n) is 6.93. The Balaban J connectivity index is 1.59. The summed E-state index contributed by atoms with van der Waals surface area (Å²) < 4.78 is 5.86. The average molecular weight is 448 g/mol. The molecule has 0 aliphatic rings. The van der Waals surface area contributed by atoms with Crippen molar-refractivity contribution in [1.29, 1.82) is 0 Å².